The Bertz CT molecular complexity index is 1200. The number of carbonyl (C=O) groups excluding carboxylic acids is 1. The smallest absolute Gasteiger partial charge is 0.319 e. The third-order valence-electron chi connectivity index (χ3n) is 5.50. The molecule has 4 aromatic rings. The van der Waals surface area contributed by atoms with Crippen molar-refractivity contribution < 1.29 is 4.79 Å². The maximum atomic E-state index is 12.6. The van der Waals surface area contributed by atoms with Gasteiger partial charge in [-0.2, -0.15) is 0 Å². The average Bonchev–Trinajstić information content (AvgIpc) is 3.16. The number of nitrogens with one attached hydrogen (secondary N) is 2. The summed E-state index contributed by atoms with van der Waals surface area (Å²) in [7, 11) is 0. The molecule has 0 radical (unpaired) electrons. The first-order chi connectivity index (χ1) is 15.1. The molecule has 5 nitrogen and oxygen atoms in total. The Balaban J connectivity index is 1.60. The van der Waals surface area contributed by atoms with Gasteiger partial charge in [0.05, 0.1) is 0 Å². The summed E-state index contributed by atoms with van der Waals surface area (Å²) >= 11 is 3.49. The van der Waals surface area contributed by atoms with Gasteiger partial charge in [-0.1, -0.05) is 40.2 Å². The van der Waals surface area contributed by atoms with E-state index in [-0.39, 0.29) is 11.9 Å². The number of fused-ring (bicyclic) bond motifs is 1. The highest BCUT2D eigenvalue weighted by atomic mass is 79.9. The Morgan fingerprint density at radius 3 is 2.74 bits per heavy atom. The monoisotopic (exact) mass is 476 g/mol. The minimum Gasteiger partial charge on any atom is -0.347 e. The van der Waals surface area contributed by atoms with Crippen molar-refractivity contribution in [1.29, 1.82) is 0 Å². The number of amides is 2. The third kappa shape index (κ3) is 4.64. The van der Waals surface area contributed by atoms with Crippen LogP contribution in [0.1, 0.15) is 29.5 Å². The molecule has 158 valence electrons. The van der Waals surface area contributed by atoms with E-state index in [2.05, 4.69) is 79.6 Å². The molecule has 1 atom stereocenters. The number of rotatable bonds is 6. The second kappa shape index (κ2) is 9.35. The van der Waals surface area contributed by atoms with Crippen molar-refractivity contribution in [3.63, 3.8) is 0 Å². The van der Waals surface area contributed by atoms with Crippen LogP contribution in [0.15, 0.2) is 77.7 Å². The molecule has 0 saturated heterocycles. The molecule has 0 aliphatic heterocycles. The Labute approximate surface area is 190 Å². The van der Waals surface area contributed by atoms with Gasteiger partial charge in [-0.05, 0) is 60.9 Å². The van der Waals surface area contributed by atoms with E-state index in [1.54, 1.807) is 6.20 Å². The van der Waals surface area contributed by atoms with Crippen LogP contribution >= 0.6 is 15.9 Å². The number of nitrogens with zero attached hydrogens (tertiary/aromatic N) is 2. The van der Waals surface area contributed by atoms with Gasteiger partial charge in [0, 0.05) is 58.7 Å². The van der Waals surface area contributed by atoms with Crippen LogP contribution < -0.4 is 10.6 Å². The molecule has 0 bridgehead atoms. The summed E-state index contributed by atoms with van der Waals surface area (Å²) in [5.41, 5.74) is 5.28. The maximum absolute atomic E-state index is 12.6. The molecule has 0 aliphatic rings. The molecule has 0 saturated carbocycles. The number of aryl methyl sites for hydroxylation is 2. The van der Waals surface area contributed by atoms with Gasteiger partial charge in [-0.25, -0.2) is 4.79 Å². The molecule has 2 aromatic heterocycles. The molecule has 0 unspecified atom stereocenters. The Kier molecular flexibility index (Phi) is 6.37. The quantitative estimate of drug-likeness (QED) is 0.354. The molecular formula is C25H25BrN4O. The van der Waals surface area contributed by atoms with Gasteiger partial charge in [0.1, 0.15) is 0 Å². The molecule has 6 heteroatoms. The zero-order valence-electron chi connectivity index (χ0n) is 17.6. The lowest BCUT2D eigenvalue weighted by Gasteiger charge is -2.18. The van der Waals surface area contributed by atoms with Crippen LogP contribution in [0.5, 0.6) is 0 Å². The molecule has 2 N–H and O–H groups in total. The zero-order chi connectivity index (χ0) is 21.8. The second-order valence-corrected chi connectivity index (χ2v) is 8.38. The fraction of sp³-hybridized carbons (Fsp3) is 0.200. The van der Waals surface area contributed by atoms with Gasteiger partial charge in [0.15, 0.2) is 0 Å². The molecule has 2 aromatic carbocycles. The number of hydrogen-bond acceptors (Lipinski definition) is 2. The molecule has 2 heterocycles. The number of carbonyl (C=O) groups is 1. The van der Waals surface area contributed by atoms with Crippen molar-refractivity contribution in [3.8, 4) is 0 Å². The Hall–Kier alpha value is -3.12. The molecular weight excluding hydrogens is 452 g/mol. The second-order valence-electron chi connectivity index (χ2n) is 7.53. The summed E-state index contributed by atoms with van der Waals surface area (Å²) in [6, 6.07) is 17.9. The Morgan fingerprint density at radius 1 is 1.16 bits per heavy atom. The van der Waals surface area contributed by atoms with Gasteiger partial charge in [0.25, 0.3) is 0 Å². The lowest BCUT2D eigenvalue weighted by molar-refractivity contribution is 0.252. The highest BCUT2D eigenvalue weighted by molar-refractivity contribution is 9.10. The van der Waals surface area contributed by atoms with Crippen LogP contribution in [-0.2, 0) is 6.54 Å². The lowest BCUT2D eigenvalue weighted by atomic mass is 9.92. The zero-order valence-corrected chi connectivity index (χ0v) is 19.2. The first-order valence-electron chi connectivity index (χ1n) is 10.4. The normalized spacial score (nSPS) is 12.0. The highest BCUT2D eigenvalue weighted by Gasteiger charge is 2.20. The van der Waals surface area contributed by atoms with E-state index in [0.717, 1.165) is 27.8 Å². The van der Waals surface area contributed by atoms with E-state index in [9.17, 15) is 4.79 Å². The molecule has 0 spiro atoms. The maximum Gasteiger partial charge on any atom is 0.319 e. The first kappa shape index (κ1) is 21.1. The number of hydrogen-bond donors (Lipinski definition) is 2. The minimum absolute atomic E-state index is 0.0104. The number of halogens is 1. The van der Waals surface area contributed by atoms with Crippen molar-refractivity contribution >= 4 is 38.6 Å². The van der Waals surface area contributed by atoms with Crippen molar-refractivity contribution in [2.24, 2.45) is 0 Å². The summed E-state index contributed by atoms with van der Waals surface area (Å²) in [5.74, 6) is -0.0104. The summed E-state index contributed by atoms with van der Waals surface area (Å²) in [6.45, 7) is 5.48. The molecule has 2 amide bonds. The number of pyridine rings is 1. The SMILES string of the molecule is CCn1cc([C@@H](CNC(=O)Nc2ccc(Br)c(C)c2)c2cccnc2)c2ccccc21. The van der Waals surface area contributed by atoms with Crippen LogP contribution in [0.4, 0.5) is 10.5 Å². The van der Waals surface area contributed by atoms with Crippen LogP contribution in [0.3, 0.4) is 0 Å². The first-order valence-corrected chi connectivity index (χ1v) is 11.1. The number of aromatic nitrogens is 2. The fourth-order valence-electron chi connectivity index (χ4n) is 3.90. The van der Waals surface area contributed by atoms with Crippen molar-refractivity contribution in [1.82, 2.24) is 14.9 Å². The van der Waals surface area contributed by atoms with E-state index in [0.29, 0.717) is 6.54 Å². The van der Waals surface area contributed by atoms with E-state index >= 15 is 0 Å². The number of urea groups is 1. The van der Waals surface area contributed by atoms with Gasteiger partial charge in [0.2, 0.25) is 0 Å². The van der Waals surface area contributed by atoms with Gasteiger partial charge >= 0.3 is 6.03 Å². The standard InChI is InChI=1S/C25H25BrN4O/c1-3-30-16-22(20-8-4-5-9-24(20)30)21(18-7-6-12-27-14-18)15-28-25(31)29-19-10-11-23(26)17(2)13-19/h4-14,16,21H,3,15H2,1-2H3,(H2,28,29,31)/t21-/m0/s1. The Morgan fingerprint density at radius 2 is 2.00 bits per heavy atom. The summed E-state index contributed by atoms with van der Waals surface area (Å²) < 4.78 is 3.26. The van der Waals surface area contributed by atoms with Crippen LogP contribution in [0, 0.1) is 6.92 Å². The predicted molar refractivity (Wildman–Crippen MR) is 130 cm³/mol. The van der Waals surface area contributed by atoms with Crippen LogP contribution in [0.2, 0.25) is 0 Å². The number of benzene rings is 2. The summed E-state index contributed by atoms with van der Waals surface area (Å²) in [4.78, 5) is 17.0. The number of anilines is 1. The highest BCUT2D eigenvalue weighted by Crippen LogP contribution is 2.32. The minimum atomic E-state index is -0.227. The van der Waals surface area contributed by atoms with Crippen LogP contribution in [0.25, 0.3) is 10.9 Å². The van der Waals surface area contributed by atoms with E-state index in [1.165, 1.54) is 16.5 Å². The van der Waals surface area contributed by atoms with Crippen molar-refractivity contribution in [2.45, 2.75) is 26.3 Å². The predicted octanol–water partition coefficient (Wildman–Crippen LogP) is 6.08. The van der Waals surface area contributed by atoms with Gasteiger partial charge in [-0.3, -0.25) is 4.98 Å². The van der Waals surface area contributed by atoms with E-state index in [1.807, 2.05) is 37.4 Å². The largest absolute Gasteiger partial charge is 0.347 e. The van der Waals surface area contributed by atoms with Crippen molar-refractivity contribution in [2.75, 3.05) is 11.9 Å². The van der Waals surface area contributed by atoms with Crippen LogP contribution in [-0.4, -0.2) is 22.1 Å². The average molecular weight is 477 g/mol. The van der Waals surface area contributed by atoms with Gasteiger partial charge < -0.3 is 15.2 Å². The molecule has 0 aliphatic carbocycles. The fourth-order valence-corrected chi connectivity index (χ4v) is 4.14. The molecule has 0 fully saturated rings. The summed E-state index contributed by atoms with van der Waals surface area (Å²) in [5, 5.41) is 7.18. The lowest BCUT2D eigenvalue weighted by Crippen LogP contribution is -2.32. The van der Waals surface area contributed by atoms with E-state index < -0.39 is 0 Å². The third-order valence-corrected chi connectivity index (χ3v) is 6.39. The number of para-hydroxylation sites is 1. The van der Waals surface area contributed by atoms with Crippen molar-refractivity contribution in [3.05, 3.63) is 94.4 Å². The van der Waals surface area contributed by atoms with Gasteiger partial charge in [-0.15, -0.1) is 0 Å². The van der Waals surface area contributed by atoms with E-state index in [4.69, 9.17) is 0 Å². The summed E-state index contributed by atoms with van der Waals surface area (Å²) in [6.07, 6.45) is 5.84. The molecule has 4 rings (SSSR count). The topological polar surface area (TPSA) is 59.0 Å². The molecule has 31 heavy (non-hydrogen) atoms.